The number of aromatic amines is 1. The van der Waals surface area contributed by atoms with E-state index in [0.29, 0.717) is 27.9 Å². The lowest BCUT2D eigenvalue weighted by Crippen LogP contribution is -2.21. The summed E-state index contributed by atoms with van der Waals surface area (Å²) in [4.78, 5) is 19.0. The van der Waals surface area contributed by atoms with Gasteiger partial charge in [-0.25, -0.2) is 4.98 Å². The lowest BCUT2D eigenvalue weighted by molar-refractivity contribution is 0.818. The number of nitrogens with zero attached hydrogens (tertiary/aromatic N) is 1. The highest BCUT2D eigenvalue weighted by atomic mass is 35.5. The molecule has 0 radical (unpaired) electrons. The van der Waals surface area contributed by atoms with Crippen molar-refractivity contribution in [1.82, 2.24) is 9.97 Å². The van der Waals surface area contributed by atoms with Crippen LogP contribution in [0.25, 0.3) is 0 Å². The van der Waals surface area contributed by atoms with Gasteiger partial charge in [-0.15, -0.1) is 0 Å². The van der Waals surface area contributed by atoms with E-state index < -0.39 is 0 Å². The van der Waals surface area contributed by atoms with E-state index in [2.05, 4.69) is 9.97 Å². The van der Waals surface area contributed by atoms with Crippen molar-refractivity contribution in [3.8, 4) is 0 Å². The molecule has 0 amide bonds. The number of anilines is 1. The molecule has 0 fully saturated rings. The molecule has 0 aliphatic rings. The zero-order valence-corrected chi connectivity index (χ0v) is 12.7. The Kier molecular flexibility index (Phi) is 4.35. The smallest absolute Gasteiger partial charge is 0.256 e. The second-order valence-corrected chi connectivity index (χ2v) is 5.66. The van der Waals surface area contributed by atoms with E-state index in [1.807, 2.05) is 13.8 Å². The molecular weight excluding hydrogens is 297 g/mol. The van der Waals surface area contributed by atoms with Gasteiger partial charge in [0.15, 0.2) is 0 Å². The summed E-state index contributed by atoms with van der Waals surface area (Å²) >= 11 is 12.2. The summed E-state index contributed by atoms with van der Waals surface area (Å²) in [7, 11) is 0. The third kappa shape index (κ3) is 2.97. The molecule has 0 unspecified atom stereocenters. The van der Waals surface area contributed by atoms with Crippen molar-refractivity contribution in [1.29, 1.82) is 0 Å². The van der Waals surface area contributed by atoms with Crippen LogP contribution < -0.4 is 11.3 Å². The van der Waals surface area contributed by atoms with Crippen LogP contribution in [0.5, 0.6) is 0 Å². The van der Waals surface area contributed by atoms with Crippen molar-refractivity contribution < 1.29 is 0 Å². The SMILES string of the molecule is CC(C)c1c(N)nc(Cc2c(Cl)cccc2Cl)[nH]c1=O. The summed E-state index contributed by atoms with van der Waals surface area (Å²) in [5.74, 6) is 0.720. The topological polar surface area (TPSA) is 71.8 Å². The molecule has 106 valence electrons. The first-order chi connectivity index (χ1) is 9.40. The Labute approximate surface area is 126 Å². The van der Waals surface area contributed by atoms with Gasteiger partial charge in [0.05, 0.1) is 5.56 Å². The van der Waals surface area contributed by atoms with Crippen LogP contribution in [0.15, 0.2) is 23.0 Å². The lowest BCUT2D eigenvalue weighted by Gasteiger charge is -2.10. The fraction of sp³-hybridized carbons (Fsp3) is 0.286. The van der Waals surface area contributed by atoms with Gasteiger partial charge < -0.3 is 10.7 Å². The van der Waals surface area contributed by atoms with Gasteiger partial charge in [-0.3, -0.25) is 4.79 Å². The maximum atomic E-state index is 12.0. The number of H-pyrrole nitrogens is 1. The van der Waals surface area contributed by atoms with Crippen LogP contribution in [-0.4, -0.2) is 9.97 Å². The summed E-state index contributed by atoms with van der Waals surface area (Å²) < 4.78 is 0. The Morgan fingerprint density at radius 1 is 1.30 bits per heavy atom. The van der Waals surface area contributed by atoms with Crippen molar-refractivity contribution in [3.63, 3.8) is 0 Å². The Balaban J connectivity index is 2.43. The molecule has 4 nitrogen and oxygen atoms in total. The van der Waals surface area contributed by atoms with Crippen LogP contribution in [0.1, 0.15) is 36.7 Å². The van der Waals surface area contributed by atoms with Crippen molar-refractivity contribution in [2.45, 2.75) is 26.2 Å². The van der Waals surface area contributed by atoms with Crippen LogP contribution in [0, 0.1) is 0 Å². The maximum absolute atomic E-state index is 12.0. The number of rotatable bonds is 3. The number of benzene rings is 1. The van der Waals surface area contributed by atoms with Gasteiger partial charge in [-0.2, -0.15) is 0 Å². The average molecular weight is 312 g/mol. The number of halogens is 2. The fourth-order valence-corrected chi connectivity index (χ4v) is 2.59. The van der Waals surface area contributed by atoms with Crippen molar-refractivity contribution in [3.05, 3.63) is 55.5 Å². The van der Waals surface area contributed by atoms with Gasteiger partial charge in [0.1, 0.15) is 11.6 Å². The highest BCUT2D eigenvalue weighted by Crippen LogP contribution is 2.26. The lowest BCUT2D eigenvalue weighted by atomic mass is 10.1. The van der Waals surface area contributed by atoms with E-state index in [-0.39, 0.29) is 17.3 Å². The molecule has 1 heterocycles. The molecule has 6 heteroatoms. The molecular formula is C14H15Cl2N3O. The highest BCUT2D eigenvalue weighted by Gasteiger charge is 2.14. The largest absolute Gasteiger partial charge is 0.383 e. The number of hydrogen-bond acceptors (Lipinski definition) is 3. The molecule has 2 aromatic rings. The first kappa shape index (κ1) is 14.9. The monoisotopic (exact) mass is 311 g/mol. The summed E-state index contributed by atoms with van der Waals surface area (Å²) in [6.45, 7) is 3.79. The molecule has 0 aliphatic heterocycles. The molecule has 0 bridgehead atoms. The van der Waals surface area contributed by atoms with E-state index >= 15 is 0 Å². The van der Waals surface area contributed by atoms with Gasteiger partial charge >= 0.3 is 0 Å². The van der Waals surface area contributed by atoms with Gasteiger partial charge in [0, 0.05) is 16.5 Å². The Morgan fingerprint density at radius 2 is 1.90 bits per heavy atom. The summed E-state index contributed by atoms with van der Waals surface area (Å²) in [6.07, 6.45) is 0.330. The van der Waals surface area contributed by atoms with Crippen LogP contribution in [0.4, 0.5) is 5.82 Å². The van der Waals surface area contributed by atoms with Crippen LogP contribution in [0.2, 0.25) is 10.0 Å². The molecule has 0 saturated heterocycles. The van der Waals surface area contributed by atoms with Crippen LogP contribution >= 0.6 is 23.2 Å². The van der Waals surface area contributed by atoms with E-state index in [4.69, 9.17) is 28.9 Å². The number of nitrogen functional groups attached to an aromatic ring is 1. The zero-order valence-electron chi connectivity index (χ0n) is 11.2. The maximum Gasteiger partial charge on any atom is 0.256 e. The van der Waals surface area contributed by atoms with E-state index in [1.165, 1.54) is 0 Å². The molecule has 0 saturated carbocycles. The summed E-state index contributed by atoms with van der Waals surface area (Å²) in [5.41, 5.74) is 6.86. The first-order valence-electron chi connectivity index (χ1n) is 6.21. The Morgan fingerprint density at radius 3 is 2.40 bits per heavy atom. The zero-order chi connectivity index (χ0) is 14.9. The number of aromatic nitrogens is 2. The van der Waals surface area contributed by atoms with Gasteiger partial charge in [-0.1, -0.05) is 43.1 Å². The van der Waals surface area contributed by atoms with Crippen molar-refractivity contribution in [2.24, 2.45) is 0 Å². The summed E-state index contributed by atoms with van der Waals surface area (Å²) in [5, 5.41) is 1.07. The minimum absolute atomic E-state index is 0.0178. The van der Waals surface area contributed by atoms with Crippen molar-refractivity contribution >= 4 is 29.0 Å². The number of hydrogen-bond donors (Lipinski definition) is 2. The molecule has 3 N–H and O–H groups in total. The first-order valence-corrected chi connectivity index (χ1v) is 6.97. The molecule has 0 spiro atoms. The van der Waals surface area contributed by atoms with Crippen molar-refractivity contribution in [2.75, 3.05) is 5.73 Å². The third-order valence-corrected chi connectivity index (χ3v) is 3.73. The van der Waals surface area contributed by atoms with Gasteiger partial charge in [-0.05, 0) is 23.6 Å². The van der Waals surface area contributed by atoms with Gasteiger partial charge in [0.2, 0.25) is 0 Å². The molecule has 20 heavy (non-hydrogen) atoms. The summed E-state index contributed by atoms with van der Waals surface area (Å²) in [6, 6.07) is 5.25. The van der Waals surface area contributed by atoms with E-state index in [0.717, 1.165) is 5.56 Å². The second kappa shape index (κ2) is 5.85. The molecule has 0 aliphatic carbocycles. The number of nitrogens with one attached hydrogen (secondary N) is 1. The molecule has 1 aromatic carbocycles. The standard InChI is InChI=1S/C14H15Cl2N3O/c1-7(2)12-13(17)18-11(19-14(12)20)6-8-9(15)4-3-5-10(8)16/h3-5,7H,6H2,1-2H3,(H3,17,18,19,20). The predicted octanol–water partition coefficient (Wildman–Crippen LogP) is 3.37. The Bertz CT molecular complexity index is 675. The fourth-order valence-electron chi connectivity index (χ4n) is 2.06. The van der Waals surface area contributed by atoms with Gasteiger partial charge in [0.25, 0.3) is 5.56 Å². The van der Waals surface area contributed by atoms with Crippen LogP contribution in [0.3, 0.4) is 0 Å². The molecule has 2 rings (SSSR count). The highest BCUT2D eigenvalue weighted by molar-refractivity contribution is 6.36. The minimum Gasteiger partial charge on any atom is -0.383 e. The van der Waals surface area contributed by atoms with E-state index in [1.54, 1.807) is 18.2 Å². The normalized spacial score (nSPS) is 11.1. The average Bonchev–Trinajstić information content (AvgIpc) is 2.32. The second-order valence-electron chi connectivity index (χ2n) is 4.84. The number of nitrogens with two attached hydrogens (primary N) is 1. The molecule has 0 atom stereocenters. The predicted molar refractivity (Wildman–Crippen MR) is 82.6 cm³/mol. The Hall–Kier alpha value is -1.52. The third-order valence-electron chi connectivity index (χ3n) is 3.02. The minimum atomic E-state index is -0.217. The quantitative estimate of drug-likeness (QED) is 0.912. The van der Waals surface area contributed by atoms with Crippen LogP contribution in [-0.2, 0) is 6.42 Å². The van der Waals surface area contributed by atoms with E-state index in [9.17, 15) is 4.79 Å². The molecule has 1 aromatic heterocycles.